The van der Waals surface area contributed by atoms with Crippen molar-refractivity contribution in [2.24, 2.45) is 0 Å². The molecule has 1 atom stereocenters. The lowest BCUT2D eigenvalue weighted by Gasteiger charge is -2.20. The Balaban J connectivity index is 1.73. The van der Waals surface area contributed by atoms with E-state index in [4.69, 9.17) is 0 Å². The largest absolute Gasteiger partial charge is 0.298 e. The molecule has 0 aliphatic carbocycles. The normalized spacial score (nSPS) is 15.5. The SMILES string of the molecule is Cc1ccc(S(=O)(=O)N2C[C@H](Cc3ccc([N+](=O)[O-])cc3)c3c(C=O)cccc32)cc1. The minimum atomic E-state index is -3.81. The van der Waals surface area contributed by atoms with Crippen LogP contribution in [0.2, 0.25) is 0 Å². The van der Waals surface area contributed by atoms with Gasteiger partial charge in [0.15, 0.2) is 0 Å². The van der Waals surface area contributed by atoms with E-state index in [0.29, 0.717) is 23.2 Å². The molecule has 0 saturated carbocycles. The molecule has 0 N–H and O–H groups in total. The predicted molar refractivity (Wildman–Crippen MR) is 117 cm³/mol. The number of aldehydes is 1. The van der Waals surface area contributed by atoms with Gasteiger partial charge in [0.1, 0.15) is 6.29 Å². The molecule has 0 aromatic heterocycles. The Hall–Kier alpha value is -3.52. The van der Waals surface area contributed by atoms with Crippen molar-refractivity contribution in [2.75, 3.05) is 10.8 Å². The van der Waals surface area contributed by atoms with Crippen molar-refractivity contribution in [3.05, 3.63) is 99.1 Å². The summed E-state index contributed by atoms with van der Waals surface area (Å²) < 4.78 is 28.1. The first-order chi connectivity index (χ1) is 14.8. The number of aryl methyl sites for hydroxylation is 1. The molecule has 0 amide bonds. The van der Waals surface area contributed by atoms with Gasteiger partial charge in [0.05, 0.1) is 15.5 Å². The maximum atomic E-state index is 13.4. The Morgan fingerprint density at radius 2 is 1.74 bits per heavy atom. The number of carbonyl (C=O) groups excluding carboxylic acids is 1. The van der Waals surface area contributed by atoms with Crippen LogP contribution >= 0.6 is 0 Å². The smallest absolute Gasteiger partial charge is 0.269 e. The Morgan fingerprint density at radius 1 is 1.06 bits per heavy atom. The minimum Gasteiger partial charge on any atom is -0.298 e. The van der Waals surface area contributed by atoms with Crippen molar-refractivity contribution in [2.45, 2.75) is 24.2 Å². The number of rotatable bonds is 6. The van der Waals surface area contributed by atoms with Gasteiger partial charge in [0.25, 0.3) is 15.7 Å². The van der Waals surface area contributed by atoms with E-state index in [2.05, 4.69) is 0 Å². The Labute approximate surface area is 180 Å². The van der Waals surface area contributed by atoms with Gasteiger partial charge in [-0.3, -0.25) is 19.2 Å². The topological polar surface area (TPSA) is 97.6 Å². The second-order valence-corrected chi connectivity index (χ2v) is 9.43. The lowest BCUT2D eigenvalue weighted by Crippen LogP contribution is -2.30. The average Bonchev–Trinajstić information content (AvgIpc) is 3.14. The summed E-state index contributed by atoms with van der Waals surface area (Å²) in [5, 5.41) is 10.9. The number of benzene rings is 3. The number of nitro groups is 1. The standard InChI is InChI=1S/C23H20N2O5S/c1-16-5-11-21(12-6-16)31(29,30)24-14-19(23-18(15-26)3-2-4-22(23)24)13-17-7-9-20(10-8-17)25(27)28/h2-12,15,19H,13-14H2,1H3/t19-/m0/s1. The highest BCUT2D eigenvalue weighted by Gasteiger charge is 2.38. The number of fused-ring (bicyclic) bond motifs is 1. The van der Waals surface area contributed by atoms with E-state index in [9.17, 15) is 23.3 Å². The fourth-order valence-electron chi connectivity index (χ4n) is 4.00. The minimum absolute atomic E-state index is 0.00673. The van der Waals surface area contributed by atoms with Gasteiger partial charge >= 0.3 is 0 Å². The molecule has 0 fully saturated rings. The second kappa shape index (κ2) is 7.96. The van der Waals surface area contributed by atoms with Gasteiger partial charge in [-0.2, -0.15) is 0 Å². The number of hydrogen-bond donors (Lipinski definition) is 0. The Bertz CT molecular complexity index is 1250. The number of nitro benzene ring substituents is 1. The summed E-state index contributed by atoms with van der Waals surface area (Å²) in [6.45, 7) is 2.07. The van der Waals surface area contributed by atoms with Gasteiger partial charge in [0.2, 0.25) is 0 Å². The summed E-state index contributed by atoms with van der Waals surface area (Å²) in [4.78, 5) is 22.3. The first-order valence-corrected chi connectivity index (χ1v) is 11.2. The maximum Gasteiger partial charge on any atom is 0.269 e. The second-order valence-electron chi connectivity index (χ2n) is 7.57. The molecule has 1 aliphatic heterocycles. The molecule has 1 aliphatic rings. The van der Waals surface area contributed by atoms with Crippen LogP contribution in [0.1, 0.15) is 33.0 Å². The van der Waals surface area contributed by atoms with Crippen LogP contribution in [0.5, 0.6) is 0 Å². The fourth-order valence-corrected chi connectivity index (χ4v) is 5.52. The van der Waals surface area contributed by atoms with E-state index in [0.717, 1.165) is 17.4 Å². The lowest BCUT2D eigenvalue weighted by atomic mass is 9.90. The highest BCUT2D eigenvalue weighted by molar-refractivity contribution is 7.92. The molecule has 3 aromatic rings. The molecule has 0 saturated heterocycles. The van der Waals surface area contributed by atoms with Crippen LogP contribution in [0, 0.1) is 17.0 Å². The van der Waals surface area contributed by atoms with E-state index < -0.39 is 14.9 Å². The van der Waals surface area contributed by atoms with Gasteiger partial charge in [0, 0.05) is 30.2 Å². The van der Waals surface area contributed by atoms with Crippen molar-refractivity contribution < 1.29 is 18.1 Å². The van der Waals surface area contributed by atoms with Crippen molar-refractivity contribution in [3.8, 4) is 0 Å². The van der Waals surface area contributed by atoms with E-state index in [1.54, 1.807) is 54.6 Å². The first-order valence-electron chi connectivity index (χ1n) is 9.72. The van der Waals surface area contributed by atoms with Gasteiger partial charge in [-0.1, -0.05) is 42.0 Å². The molecular weight excluding hydrogens is 416 g/mol. The van der Waals surface area contributed by atoms with Gasteiger partial charge in [-0.25, -0.2) is 8.42 Å². The summed E-state index contributed by atoms with van der Waals surface area (Å²) in [5.74, 6) is -0.252. The third-order valence-electron chi connectivity index (χ3n) is 5.55. The van der Waals surface area contributed by atoms with E-state index in [-0.39, 0.29) is 23.0 Å². The number of hydrogen-bond acceptors (Lipinski definition) is 5. The third-order valence-corrected chi connectivity index (χ3v) is 7.34. The monoisotopic (exact) mass is 436 g/mol. The summed E-state index contributed by atoms with van der Waals surface area (Å²) >= 11 is 0. The summed E-state index contributed by atoms with van der Waals surface area (Å²) in [6.07, 6.45) is 1.19. The first kappa shape index (κ1) is 20.7. The molecule has 0 spiro atoms. The van der Waals surface area contributed by atoms with E-state index in [1.807, 2.05) is 6.92 Å². The lowest BCUT2D eigenvalue weighted by molar-refractivity contribution is -0.384. The number of carbonyl (C=O) groups is 1. The zero-order chi connectivity index (χ0) is 22.2. The maximum absolute atomic E-state index is 13.4. The molecule has 158 valence electrons. The Kier molecular flexibility index (Phi) is 5.32. The highest BCUT2D eigenvalue weighted by Crippen LogP contribution is 2.42. The molecular formula is C23H20N2O5S. The molecule has 7 nitrogen and oxygen atoms in total. The van der Waals surface area contributed by atoms with Gasteiger partial charge in [-0.15, -0.1) is 0 Å². The van der Waals surface area contributed by atoms with Crippen molar-refractivity contribution in [3.63, 3.8) is 0 Å². The fraction of sp³-hybridized carbons (Fsp3) is 0.174. The molecule has 3 aromatic carbocycles. The van der Waals surface area contributed by atoms with E-state index >= 15 is 0 Å². The highest BCUT2D eigenvalue weighted by atomic mass is 32.2. The molecule has 8 heteroatoms. The predicted octanol–water partition coefficient (Wildman–Crippen LogP) is 4.25. The molecule has 31 heavy (non-hydrogen) atoms. The van der Waals surface area contributed by atoms with E-state index in [1.165, 1.54) is 16.4 Å². The third kappa shape index (κ3) is 3.82. The average molecular weight is 436 g/mol. The van der Waals surface area contributed by atoms with Crippen LogP contribution in [0.15, 0.2) is 71.6 Å². The van der Waals surface area contributed by atoms with Crippen LogP contribution in [-0.2, 0) is 16.4 Å². The van der Waals surface area contributed by atoms with Gasteiger partial charge in [-0.05, 0) is 42.7 Å². The van der Waals surface area contributed by atoms with Crippen molar-refractivity contribution >= 4 is 27.7 Å². The Morgan fingerprint density at radius 3 is 2.35 bits per heavy atom. The van der Waals surface area contributed by atoms with Crippen LogP contribution in [0.3, 0.4) is 0 Å². The van der Waals surface area contributed by atoms with Crippen LogP contribution < -0.4 is 4.31 Å². The van der Waals surface area contributed by atoms with Crippen molar-refractivity contribution in [1.82, 2.24) is 0 Å². The van der Waals surface area contributed by atoms with Crippen LogP contribution in [-0.4, -0.2) is 26.2 Å². The van der Waals surface area contributed by atoms with Crippen LogP contribution in [0.4, 0.5) is 11.4 Å². The molecule has 0 unspecified atom stereocenters. The van der Waals surface area contributed by atoms with Crippen molar-refractivity contribution in [1.29, 1.82) is 0 Å². The number of anilines is 1. The molecule has 1 heterocycles. The number of nitrogens with zero attached hydrogens (tertiary/aromatic N) is 2. The van der Waals surface area contributed by atoms with Gasteiger partial charge < -0.3 is 0 Å². The summed E-state index contributed by atoms with van der Waals surface area (Å²) in [6, 6.07) is 17.9. The van der Waals surface area contributed by atoms with Crippen LogP contribution in [0.25, 0.3) is 0 Å². The quantitative estimate of drug-likeness (QED) is 0.327. The number of non-ortho nitro benzene ring substituents is 1. The molecule has 0 bridgehead atoms. The zero-order valence-corrected chi connectivity index (χ0v) is 17.6. The summed E-state index contributed by atoms with van der Waals surface area (Å²) in [7, 11) is -3.81. The summed E-state index contributed by atoms with van der Waals surface area (Å²) in [5.41, 5.74) is 3.42. The number of sulfonamides is 1. The zero-order valence-electron chi connectivity index (χ0n) is 16.8. The molecule has 4 rings (SSSR count). The molecule has 0 radical (unpaired) electrons.